The Kier molecular flexibility index (Phi) is 61.8. The van der Waals surface area contributed by atoms with Crippen molar-refractivity contribution in [1.29, 1.82) is 0 Å². The van der Waals surface area contributed by atoms with E-state index in [0.29, 0.717) is 25.7 Å². The van der Waals surface area contributed by atoms with Crippen molar-refractivity contribution >= 4 is 39.5 Å². The first kappa shape index (κ1) is 88.1. The van der Waals surface area contributed by atoms with Crippen LogP contribution in [0.3, 0.4) is 0 Å². The van der Waals surface area contributed by atoms with Crippen molar-refractivity contribution in [1.82, 2.24) is 0 Å². The molecule has 0 aromatic heterocycles. The zero-order chi connectivity index (χ0) is 66.5. The normalized spacial score (nSPS) is 14.1. The third kappa shape index (κ3) is 64.8. The molecule has 0 spiro atoms. The number of hydrogen-bond acceptors (Lipinski definition) is 15. The predicted molar refractivity (Wildman–Crippen MR) is 363 cm³/mol. The third-order valence-electron chi connectivity index (χ3n) is 16.5. The van der Waals surface area contributed by atoms with Crippen molar-refractivity contribution in [3.05, 3.63) is 0 Å². The van der Waals surface area contributed by atoms with Gasteiger partial charge in [-0.1, -0.05) is 311 Å². The van der Waals surface area contributed by atoms with Crippen molar-refractivity contribution < 1.29 is 80.2 Å². The van der Waals surface area contributed by atoms with E-state index in [1.165, 1.54) is 180 Å². The maximum absolute atomic E-state index is 13.0. The summed E-state index contributed by atoms with van der Waals surface area (Å²) in [7, 11) is -9.90. The van der Waals surface area contributed by atoms with E-state index in [1.807, 2.05) is 0 Å². The minimum atomic E-state index is -4.95. The lowest BCUT2D eigenvalue weighted by Gasteiger charge is -2.21. The highest BCUT2D eigenvalue weighted by Gasteiger charge is 2.30. The predicted octanol–water partition coefficient (Wildman–Crippen LogP) is 20.4. The van der Waals surface area contributed by atoms with Crippen LogP contribution in [0.25, 0.3) is 0 Å². The fourth-order valence-corrected chi connectivity index (χ4v) is 12.3. The van der Waals surface area contributed by atoms with Gasteiger partial charge in [0.15, 0.2) is 12.2 Å². The summed E-state index contributed by atoms with van der Waals surface area (Å²) in [5, 5.41) is 10.6. The largest absolute Gasteiger partial charge is 0.472 e. The van der Waals surface area contributed by atoms with Crippen molar-refractivity contribution in [2.24, 2.45) is 11.8 Å². The minimum Gasteiger partial charge on any atom is -0.462 e. The Morgan fingerprint density at radius 3 is 0.756 bits per heavy atom. The molecule has 0 saturated carbocycles. The topological polar surface area (TPSA) is 237 Å². The molecule has 0 radical (unpaired) electrons. The fraction of sp³-hybridized carbons (Fsp3) is 0.944. The number of aliphatic hydroxyl groups excluding tert-OH is 1. The Balaban J connectivity index is 5.25. The molecule has 0 aromatic carbocycles. The smallest absolute Gasteiger partial charge is 0.462 e. The molecular weight excluding hydrogens is 1190 g/mol. The van der Waals surface area contributed by atoms with Crippen LogP contribution in [-0.2, 0) is 65.4 Å². The summed E-state index contributed by atoms with van der Waals surface area (Å²) in [6, 6.07) is 0. The van der Waals surface area contributed by atoms with Gasteiger partial charge in [-0.05, 0) is 37.5 Å². The van der Waals surface area contributed by atoms with E-state index in [0.717, 1.165) is 102 Å². The summed E-state index contributed by atoms with van der Waals surface area (Å²) >= 11 is 0. The van der Waals surface area contributed by atoms with Gasteiger partial charge in [-0.15, -0.1) is 0 Å². The molecule has 534 valence electrons. The summed E-state index contributed by atoms with van der Waals surface area (Å²) in [6.45, 7) is 9.53. The lowest BCUT2D eigenvalue weighted by Crippen LogP contribution is -2.30. The van der Waals surface area contributed by atoms with Gasteiger partial charge in [-0.25, -0.2) is 9.13 Å². The Labute approximate surface area is 549 Å². The summed E-state index contributed by atoms with van der Waals surface area (Å²) in [4.78, 5) is 72.6. The molecule has 5 atom stereocenters. The summed E-state index contributed by atoms with van der Waals surface area (Å²) < 4.78 is 68.3. The maximum atomic E-state index is 13.0. The lowest BCUT2D eigenvalue weighted by molar-refractivity contribution is -0.161. The minimum absolute atomic E-state index is 0.105. The molecule has 0 aliphatic heterocycles. The summed E-state index contributed by atoms with van der Waals surface area (Å²) in [5.41, 5.74) is 0. The van der Waals surface area contributed by atoms with E-state index in [4.69, 9.17) is 37.0 Å². The number of phosphoric ester groups is 2. The molecule has 0 rings (SSSR count). The highest BCUT2D eigenvalue weighted by atomic mass is 31.2. The highest BCUT2D eigenvalue weighted by Crippen LogP contribution is 2.45. The van der Waals surface area contributed by atoms with Gasteiger partial charge in [-0.2, -0.15) is 0 Å². The van der Waals surface area contributed by atoms with E-state index in [2.05, 4.69) is 41.5 Å². The Morgan fingerprint density at radius 1 is 0.300 bits per heavy atom. The van der Waals surface area contributed by atoms with E-state index >= 15 is 0 Å². The number of ether oxygens (including phenoxy) is 4. The molecule has 3 N–H and O–H groups in total. The van der Waals surface area contributed by atoms with Gasteiger partial charge in [0.05, 0.1) is 26.4 Å². The molecule has 19 heteroatoms. The number of phosphoric acid groups is 2. The van der Waals surface area contributed by atoms with Gasteiger partial charge in [0.25, 0.3) is 0 Å². The van der Waals surface area contributed by atoms with Gasteiger partial charge >= 0.3 is 39.5 Å². The van der Waals surface area contributed by atoms with Gasteiger partial charge in [0.1, 0.15) is 19.3 Å². The van der Waals surface area contributed by atoms with E-state index in [9.17, 15) is 43.2 Å². The molecule has 90 heavy (non-hydrogen) atoms. The van der Waals surface area contributed by atoms with Gasteiger partial charge in [0.2, 0.25) is 0 Å². The molecule has 0 aromatic rings. The van der Waals surface area contributed by atoms with Crippen molar-refractivity contribution in [3.63, 3.8) is 0 Å². The monoisotopic (exact) mass is 1320 g/mol. The Morgan fingerprint density at radius 2 is 0.511 bits per heavy atom. The molecule has 0 aliphatic rings. The molecular formula is C71H138O17P2. The second-order valence-corrected chi connectivity index (χ2v) is 29.5. The first-order chi connectivity index (χ1) is 43.4. The molecule has 17 nitrogen and oxygen atoms in total. The number of hydrogen-bond donors (Lipinski definition) is 3. The van der Waals surface area contributed by atoms with Crippen LogP contribution < -0.4 is 0 Å². The second-order valence-electron chi connectivity index (χ2n) is 26.6. The van der Waals surface area contributed by atoms with Gasteiger partial charge in [-0.3, -0.25) is 37.3 Å². The average molecular weight is 1330 g/mol. The third-order valence-corrected chi connectivity index (χ3v) is 18.4. The van der Waals surface area contributed by atoms with Crippen molar-refractivity contribution in [2.75, 3.05) is 39.6 Å². The number of rotatable bonds is 70. The molecule has 0 heterocycles. The number of unbranched alkanes of at least 4 members (excludes halogenated alkanes) is 40. The van der Waals surface area contributed by atoms with Crippen LogP contribution >= 0.6 is 15.6 Å². The first-order valence-corrected chi connectivity index (χ1v) is 40.0. The van der Waals surface area contributed by atoms with E-state index < -0.39 is 97.5 Å². The van der Waals surface area contributed by atoms with Crippen LogP contribution in [0.15, 0.2) is 0 Å². The molecule has 0 aliphatic carbocycles. The fourth-order valence-electron chi connectivity index (χ4n) is 10.8. The number of carbonyl (C=O) groups excluding carboxylic acids is 4. The molecule has 0 amide bonds. The quantitative estimate of drug-likeness (QED) is 0.0222. The average Bonchev–Trinajstić information content (AvgIpc) is 3.72. The van der Waals surface area contributed by atoms with Crippen LogP contribution in [0.4, 0.5) is 0 Å². The van der Waals surface area contributed by atoms with Crippen LogP contribution in [0.2, 0.25) is 0 Å². The van der Waals surface area contributed by atoms with Crippen molar-refractivity contribution in [2.45, 2.75) is 381 Å². The first-order valence-electron chi connectivity index (χ1n) is 37.0. The van der Waals surface area contributed by atoms with Gasteiger partial charge in [0, 0.05) is 25.7 Å². The van der Waals surface area contributed by atoms with Crippen LogP contribution in [0, 0.1) is 11.8 Å². The zero-order valence-electron chi connectivity index (χ0n) is 58.4. The lowest BCUT2D eigenvalue weighted by atomic mass is 10.0. The van der Waals surface area contributed by atoms with Crippen LogP contribution in [0.5, 0.6) is 0 Å². The van der Waals surface area contributed by atoms with Gasteiger partial charge < -0.3 is 33.8 Å². The number of aliphatic hydroxyl groups is 1. The maximum Gasteiger partial charge on any atom is 0.472 e. The zero-order valence-corrected chi connectivity index (χ0v) is 60.2. The highest BCUT2D eigenvalue weighted by molar-refractivity contribution is 7.47. The van der Waals surface area contributed by atoms with E-state index in [-0.39, 0.29) is 25.7 Å². The SMILES string of the molecule is CCCCCCCCCCCCCCCCC(=O)OC[C@H](COP(=O)(O)OC[C@@H](O)COP(=O)(O)OC[C@@H](COC(=O)CCCCCCCCCCCC)OC(=O)CCCCCCCCCCCC(C)C)OC(=O)CCCCCCCCCCCCCC(C)C. The number of carbonyl (C=O) groups is 4. The summed E-state index contributed by atoms with van der Waals surface area (Å²) in [6.07, 6.45) is 48.4. The molecule has 0 fully saturated rings. The second kappa shape index (κ2) is 63.1. The van der Waals surface area contributed by atoms with Crippen molar-refractivity contribution in [3.8, 4) is 0 Å². The molecule has 2 unspecified atom stereocenters. The van der Waals surface area contributed by atoms with Crippen LogP contribution in [-0.4, -0.2) is 96.7 Å². The molecule has 0 bridgehead atoms. The molecule has 0 saturated heterocycles. The Hall–Kier alpha value is -1.94. The van der Waals surface area contributed by atoms with E-state index in [1.54, 1.807) is 0 Å². The standard InChI is InChI=1S/C71H138O17P2/c1-7-9-11-13-15-17-19-20-21-24-30-36-42-48-54-69(74)82-60-66(87-70(75)55-49-43-37-31-25-22-23-27-33-39-45-51-63(3)4)61-85-89(77,78)83-57-65(72)58-84-90(79,80)86-62-67(59-81-68(73)53-47-41-35-29-18-16-14-12-10-8-2)88-71(76)56-50-44-38-32-26-28-34-40-46-52-64(5)6/h63-67,72H,7-62H2,1-6H3,(H,77,78)(H,79,80)/t65-,66-,67-/m1/s1. The number of esters is 4. The summed E-state index contributed by atoms with van der Waals surface area (Å²) in [5.74, 6) is -0.620. The Bertz CT molecular complexity index is 1750. The van der Waals surface area contributed by atoms with Crippen LogP contribution in [0.1, 0.15) is 363 Å².